The summed E-state index contributed by atoms with van der Waals surface area (Å²) in [6, 6.07) is 10.8. The second kappa shape index (κ2) is 15.2. The fraction of sp³-hybridized carbons (Fsp3) is 0.400. The first-order chi connectivity index (χ1) is 19.1. The Morgan fingerprint density at radius 1 is 1.17 bits per heavy atom. The summed E-state index contributed by atoms with van der Waals surface area (Å²) >= 11 is 11.9. The number of aliphatic carboxylic acids is 1. The summed E-state index contributed by atoms with van der Waals surface area (Å²) in [7, 11) is -1.91. The number of amidine groups is 1. The maximum absolute atomic E-state index is 12.5. The molecule has 0 radical (unpaired) electrons. The molecule has 0 aromatic heterocycles. The lowest BCUT2D eigenvalue weighted by Crippen LogP contribution is -2.30. The van der Waals surface area contributed by atoms with Crippen LogP contribution in [0.5, 0.6) is 0 Å². The second-order valence-corrected chi connectivity index (χ2v) is 11.7. The molecule has 2 aromatic rings. The van der Waals surface area contributed by atoms with Gasteiger partial charge >= 0.3 is 12.1 Å². The van der Waals surface area contributed by atoms with Crippen molar-refractivity contribution in [1.82, 2.24) is 15.5 Å². The zero-order chi connectivity index (χ0) is 30.8. The molecular formula is C25H30Cl2F3N5O5S. The molecule has 0 saturated carbocycles. The normalized spacial score (nSPS) is 13.1. The third-order valence-electron chi connectivity index (χ3n) is 5.73. The molecule has 1 aliphatic heterocycles. The highest BCUT2D eigenvalue weighted by Crippen LogP contribution is 2.30. The molecule has 0 spiro atoms. The van der Waals surface area contributed by atoms with E-state index >= 15 is 0 Å². The number of likely N-dealkylation sites (N-methyl/N-ethyl adjacent to an activating group) is 1. The van der Waals surface area contributed by atoms with Gasteiger partial charge in [0, 0.05) is 32.1 Å². The minimum Gasteiger partial charge on any atom is -0.475 e. The molecule has 5 N–H and O–H groups in total. The van der Waals surface area contributed by atoms with E-state index in [9.17, 15) is 26.4 Å². The zero-order valence-electron chi connectivity index (χ0n) is 22.0. The van der Waals surface area contributed by atoms with Crippen molar-refractivity contribution in [1.29, 1.82) is 0 Å². The number of aliphatic imine (C=N–C) groups is 1. The quantitative estimate of drug-likeness (QED) is 0.216. The van der Waals surface area contributed by atoms with E-state index in [1.165, 1.54) is 12.1 Å². The van der Waals surface area contributed by atoms with E-state index in [1.807, 2.05) is 12.1 Å². The van der Waals surface area contributed by atoms with E-state index in [4.69, 9.17) is 38.8 Å². The van der Waals surface area contributed by atoms with Crippen molar-refractivity contribution in [2.75, 3.05) is 44.8 Å². The number of carbonyl (C=O) groups is 2. The zero-order valence-corrected chi connectivity index (χ0v) is 24.3. The number of hydrogen-bond donors (Lipinski definition) is 4. The van der Waals surface area contributed by atoms with Gasteiger partial charge in [-0.2, -0.15) is 13.2 Å². The summed E-state index contributed by atoms with van der Waals surface area (Å²) in [6.45, 7) is 2.66. The van der Waals surface area contributed by atoms with Gasteiger partial charge in [-0.15, -0.1) is 0 Å². The van der Waals surface area contributed by atoms with Crippen molar-refractivity contribution in [2.45, 2.75) is 30.3 Å². The SMILES string of the molecule is CN(CCc1ccc(C2=NCCN2)cc1)C(=O)CCCNCS(=O)(=O)c1cc(Cl)c(N)cc1Cl.O=C(O)C(F)(F)F. The van der Waals surface area contributed by atoms with Crippen LogP contribution in [0.4, 0.5) is 18.9 Å². The number of carboxylic acids is 1. The summed E-state index contributed by atoms with van der Waals surface area (Å²) < 4.78 is 56.7. The summed E-state index contributed by atoms with van der Waals surface area (Å²) in [4.78, 5) is 27.3. The number of rotatable bonds is 11. The number of hydrogen-bond acceptors (Lipinski definition) is 8. The highest BCUT2D eigenvalue weighted by Gasteiger charge is 2.38. The second-order valence-electron chi connectivity index (χ2n) is 8.89. The van der Waals surface area contributed by atoms with Crippen LogP contribution in [0, 0.1) is 0 Å². The van der Waals surface area contributed by atoms with Gasteiger partial charge in [0.15, 0.2) is 9.84 Å². The molecule has 1 heterocycles. The predicted molar refractivity (Wildman–Crippen MR) is 151 cm³/mol. The number of amides is 1. The van der Waals surface area contributed by atoms with Crippen molar-refractivity contribution in [2.24, 2.45) is 4.99 Å². The fourth-order valence-electron chi connectivity index (χ4n) is 3.46. The Hall–Kier alpha value is -3.07. The number of sulfone groups is 1. The lowest BCUT2D eigenvalue weighted by molar-refractivity contribution is -0.192. The summed E-state index contributed by atoms with van der Waals surface area (Å²) in [5.74, 6) is -2.12. The van der Waals surface area contributed by atoms with Gasteiger partial charge in [-0.05, 0) is 37.1 Å². The number of nitrogens with one attached hydrogen (secondary N) is 2. The van der Waals surface area contributed by atoms with Crippen LogP contribution in [0.3, 0.4) is 0 Å². The van der Waals surface area contributed by atoms with Crippen LogP contribution in [0.25, 0.3) is 0 Å². The Morgan fingerprint density at radius 3 is 2.37 bits per heavy atom. The molecule has 41 heavy (non-hydrogen) atoms. The number of benzene rings is 2. The molecule has 1 aliphatic rings. The van der Waals surface area contributed by atoms with E-state index in [0.717, 1.165) is 36.5 Å². The molecule has 3 rings (SSSR count). The number of nitrogen functional groups attached to an aromatic ring is 1. The summed E-state index contributed by atoms with van der Waals surface area (Å²) in [5, 5.41) is 13.4. The van der Waals surface area contributed by atoms with E-state index in [2.05, 4.69) is 27.8 Å². The van der Waals surface area contributed by atoms with Crippen molar-refractivity contribution in [3.63, 3.8) is 0 Å². The molecule has 0 atom stereocenters. The Kier molecular flexibility index (Phi) is 12.7. The van der Waals surface area contributed by atoms with Gasteiger partial charge < -0.3 is 26.4 Å². The number of carbonyl (C=O) groups excluding carboxylic acids is 1. The third-order valence-corrected chi connectivity index (χ3v) is 8.07. The van der Waals surface area contributed by atoms with E-state index in [0.29, 0.717) is 25.9 Å². The van der Waals surface area contributed by atoms with Gasteiger partial charge in [0.1, 0.15) is 11.7 Å². The van der Waals surface area contributed by atoms with Gasteiger partial charge in [-0.3, -0.25) is 9.79 Å². The highest BCUT2D eigenvalue weighted by molar-refractivity contribution is 7.91. The average Bonchev–Trinajstić information content (AvgIpc) is 3.44. The van der Waals surface area contributed by atoms with Crippen LogP contribution < -0.4 is 16.4 Å². The number of halogens is 5. The molecule has 0 fully saturated rings. The first-order valence-corrected chi connectivity index (χ1v) is 14.6. The molecule has 0 bridgehead atoms. The van der Waals surface area contributed by atoms with E-state index in [1.54, 1.807) is 11.9 Å². The first kappa shape index (κ1) is 34.1. The van der Waals surface area contributed by atoms with Crippen LogP contribution >= 0.6 is 23.2 Å². The van der Waals surface area contributed by atoms with Crippen molar-refractivity contribution >= 4 is 56.4 Å². The fourth-order valence-corrected chi connectivity index (χ4v) is 5.44. The van der Waals surface area contributed by atoms with Gasteiger partial charge in [0.2, 0.25) is 5.91 Å². The molecule has 0 saturated heterocycles. The van der Waals surface area contributed by atoms with Gasteiger partial charge in [-0.25, -0.2) is 13.2 Å². The third kappa shape index (κ3) is 11.0. The van der Waals surface area contributed by atoms with Crippen LogP contribution in [-0.2, 0) is 25.8 Å². The molecule has 226 valence electrons. The Balaban J connectivity index is 0.000000745. The number of nitrogens with zero attached hydrogens (tertiary/aromatic N) is 2. The predicted octanol–water partition coefficient (Wildman–Crippen LogP) is 3.36. The number of nitrogens with two attached hydrogens (primary N) is 1. The van der Waals surface area contributed by atoms with Gasteiger partial charge in [-0.1, -0.05) is 47.5 Å². The lowest BCUT2D eigenvalue weighted by Gasteiger charge is -2.17. The van der Waals surface area contributed by atoms with Crippen molar-refractivity contribution in [3.05, 3.63) is 57.6 Å². The minimum atomic E-state index is -5.08. The monoisotopic (exact) mass is 639 g/mol. The van der Waals surface area contributed by atoms with E-state index in [-0.39, 0.29) is 32.4 Å². The van der Waals surface area contributed by atoms with E-state index < -0.39 is 22.0 Å². The molecule has 0 unspecified atom stereocenters. The van der Waals surface area contributed by atoms with Gasteiger partial charge in [0.25, 0.3) is 0 Å². The number of carboxylic acid groups (broad SMARTS) is 1. The van der Waals surface area contributed by atoms with Crippen molar-refractivity contribution < 1.29 is 36.3 Å². The van der Waals surface area contributed by atoms with Crippen LogP contribution in [0.1, 0.15) is 24.0 Å². The maximum Gasteiger partial charge on any atom is 0.490 e. The molecule has 1 amide bonds. The molecule has 10 nitrogen and oxygen atoms in total. The number of alkyl halides is 3. The smallest absolute Gasteiger partial charge is 0.475 e. The number of anilines is 1. The topological polar surface area (TPSA) is 154 Å². The molecular weight excluding hydrogens is 610 g/mol. The maximum atomic E-state index is 12.5. The lowest BCUT2D eigenvalue weighted by atomic mass is 10.1. The van der Waals surface area contributed by atoms with Crippen LogP contribution in [0.15, 0.2) is 46.3 Å². The standard InChI is InChI=1S/C23H29Cl2N5O3S.C2HF3O2/c1-30(12-8-16-4-6-17(7-5-16)23-28-10-11-29-23)22(31)3-2-9-27-15-34(32,33)21-14-18(24)20(26)13-19(21)25;3-2(4,5)1(6)7/h4-7,13-14,27H,2-3,8-12,15,26H2,1H3,(H,28,29);(H,6,7). The van der Waals surface area contributed by atoms with Crippen LogP contribution in [0.2, 0.25) is 10.0 Å². The summed E-state index contributed by atoms with van der Waals surface area (Å²) in [5.41, 5.74) is 8.08. The highest BCUT2D eigenvalue weighted by atomic mass is 35.5. The molecule has 0 aliphatic carbocycles. The Bertz CT molecular complexity index is 1360. The van der Waals surface area contributed by atoms with Crippen LogP contribution in [-0.4, -0.2) is 81.4 Å². The molecule has 16 heteroatoms. The minimum absolute atomic E-state index is 0.0131. The Morgan fingerprint density at radius 2 is 1.80 bits per heavy atom. The first-order valence-electron chi connectivity index (χ1n) is 12.2. The average molecular weight is 641 g/mol. The largest absolute Gasteiger partial charge is 0.490 e. The Labute approximate surface area is 245 Å². The van der Waals surface area contributed by atoms with Gasteiger partial charge in [0.05, 0.1) is 27.2 Å². The molecule has 2 aromatic carbocycles. The van der Waals surface area contributed by atoms with Crippen molar-refractivity contribution in [3.8, 4) is 0 Å². The summed E-state index contributed by atoms with van der Waals surface area (Å²) in [6.07, 6.45) is -3.50.